The number of anilines is 1. The lowest BCUT2D eigenvalue weighted by atomic mass is 10.0. The largest absolute Gasteiger partial charge is 0.343 e. The number of benzene rings is 1. The molecular weight excluding hydrogens is 322 g/mol. The first-order valence-electron chi connectivity index (χ1n) is 9.19. The molecule has 2 aromatic heterocycles. The summed E-state index contributed by atoms with van der Waals surface area (Å²) in [6, 6.07) is 8.82. The molecule has 0 amide bonds. The number of likely N-dealkylation sites (tertiary alicyclic amines) is 1. The Hall–Kier alpha value is -2.66. The molecular formula is C21H25N5. The summed E-state index contributed by atoms with van der Waals surface area (Å²) in [6.07, 6.45) is 8.40. The van der Waals surface area contributed by atoms with Gasteiger partial charge in [0.2, 0.25) is 0 Å². The van der Waals surface area contributed by atoms with E-state index in [-0.39, 0.29) is 0 Å². The van der Waals surface area contributed by atoms with Crippen LogP contribution in [-0.4, -0.2) is 38.8 Å². The van der Waals surface area contributed by atoms with Crippen molar-refractivity contribution in [2.45, 2.75) is 25.8 Å². The Morgan fingerprint density at radius 2 is 1.92 bits per heavy atom. The Kier molecular flexibility index (Phi) is 4.47. The van der Waals surface area contributed by atoms with Gasteiger partial charge in [-0.2, -0.15) is 5.10 Å². The molecule has 0 unspecified atom stereocenters. The highest BCUT2D eigenvalue weighted by molar-refractivity contribution is 5.88. The Labute approximate surface area is 154 Å². The van der Waals surface area contributed by atoms with Crippen LogP contribution < -0.4 is 5.32 Å². The van der Waals surface area contributed by atoms with Gasteiger partial charge in [-0.25, -0.2) is 4.98 Å². The molecule has 0 bridgehead atoms. The molecule has 1 aliphatic rings. The zero-order chi connectivity index (χ0) is 18.1. The standard InChI is InChI=1S/C21H25N5/c1-15(16(2)26-8-4-5-9-26)24-21-11-19-10-17(6-7-18(19)12-22-21)20-13-23-25(3)14-20/h6-7,10-14,16H,1,4-5,8-9H2,2-3H3,(H,22,24)/t16-/m0/s1. The molecule has 1 N–H and O–H groups in total. The van der Waals surface area contributed by atoms with Crippen LogP contribution in [0.5, 0.6) is 0 Å². The van der Waals surface area contributed by atoms with Gasteiger partial charge in [0.05, 0.1) is 6.20 Å². The Bertz CT molecular complexity index is 936. The maximum absolute atomic E-state index is 4.56. The maximum atomic E-state index is 4.56. The van der Waals surface area contributed by atoms with Crippen molar-refractivity contribution in [1.82, 2.24) is 19.7 Å². The smallest absolute Gasteiger partial charge is 0.130 e. The number of nitrogens with zero attached hydrogens (tertiary/aromatic N) is 4. The van der Waals surface area contributed by atoms with Crippen LogP contribution in [0.2, 0.25) is 0 Å². The van der Waals surface area contributed by atoms with E-state index in [0.717, 1.165) is 46.5 Å². The first-order chi connectivity index (χ1) is 12.6. The first kappa shape index (κ1) is 16.8. The summed E-state index contributed by atoms with van der Waals surface area (Å²) in [6.45, 7) is 8.76. The summed E-state index contributed by atoms with van der Waals surface area (Å²) < 4.78 is 1.82. The van der Waals surface area contributed by atoms with Crippen LogP contribution >= 0.6 is 0 Å². The number of hydrogen-bond acceptors (Lipinski definition) is 4. The summed E-state index contributed by atoms with van der Waals surface area (Å²) in [7, 11) is 1.93. The quantitative estimate of drug-likeness (QED) is 0.756. The molecule has 0 aliphatic carbocycles. The van der Waals surface area contributed by atoms with Crippen molar-refractivity contribution < 1.29 is 0 Å². The fourth-order valence-electron chi connectivity index (χ4n) is 3.58. The second-order valence-corrected chi connectivity index (χ2v) is 7.10. The van der Waals surface area contributed by atoms with Crippen LogP contribution in [0.25, 0.3) is 21.9 Å². The van der Waals surface area contributed by atoms with Crippen molar-refractivity contribution in [3.63, 3.8) is 0 Å². The highest BCUT2D eigenvalue weighted by Gasteiger charge is 2.20. The summed E-state index contributed by atoms with van der Waals surface area (Å²) in [5.74, 6) is 0.844. The van der Waals surface area contributed by atoms with E-state index in [2.05, 4.69) is 58.1 Å². The monoisotopic (exact) mass is 347 g/mol. The Balaban J connectivity index is 1.57. The van der Waals surface area contributed by atoms with Crippen molar-refractivity contribution in [3.05, 3.63) is 55.1 Å². The molecule has 5 nitrogen and oxygen atoms in total. The lowest BCUT2D eigenvalue weighted by molar-refractivity contribution is 0.291. The molecule has 1 saturated heterocycles. The normalized spacial score (nSPS) is 16.1. The van der Waals surface area contributed by atoms with E-state index in [1.807, 2.05) is 30.3 Å². The van der Waals surface area contributed by atoms with Gasteiger partial charge >= 0.3 is 0 Å². The summed E-state index contributed by atoms with van der Waals surface area (Å²) in [5.41, 5.74) is 3.28. The summed E-state index contributed by atoms with van der Waals surface area (Å²) >= 11 is 0. The first-order valence-corrected chi connectivity index (χ1v) is 9.19. The van der Waals surface area contributed by atoms with E-state index in [1.165, 1.54) is 12.8 Å². The molecule has 1 atom stereocenters. The number of aryl methyl sites for hydroxylation is 1. The highest BCUT2D eigenvalue weighted by Crippen LogP contribution is 2.26. The average Bonchev–Trinajstić information content (AvgIpc) is 3.32. The van der Waals surface area contributed by atoms with Gasteiger partial charge < -0.3 is 5.32 Å². The molecule has 0 radical (unpaired) electrons. The average molecular weight is 347 g/mol. The third kappa shape index (κ3) is 3.35. The molecule has 26 heavy (non-hydrogen) atoms. The lowest BCUT2D eigenvalue weighted by Gasteiger charge is -2.26. The lowest BCUT2D eigenvalue weighted by Crippen LogP contribution is -2.33. The van der Waals surface area contributed by atoms with Gasteiger partial charge in [-0.15, -0.1) is 0 Å². The summed E-state index contributed by atoms with van der Waals surface area (Å²) in [5, 5.41) is 9.96. The van der Waals surface area contributed by atoms with Crippen LogP contribution in [0.3, 0.4) is 0 Å². The molecule has 1 fully saturated rings. The van der Waals surface area contributed by atoms with Gasteiger partial charge in [-0.05, 0) is 55.9 Å². The van der Waals surface area contributed by atoms with E-state index in [1.54, 1.807) is 0 Å². The van der Waals surface area contributed by atoms with Crippen molar-refractivity contribution in [2.24, 2.45) is 7.05 Å². The van der Waals surface area contributed by atoms with Gasteiger partial charge in [0.25, 0.3) is 0 Å². The highest BCUT2D eigenvalue weighted by atomic mass is 15.2. The Morgan fingerprint density at radius 1 is 1.12 bits per heavy atom. The van der Waals surface area contributed by atoms with Crippen LogP contribution in [0.15, 0.2) is 55.1 Å². The third-order valence-electron chi connectivity index (χ3n) is 5.24. The molecule has 134 valence electrons. The molecule has 4 rings (SSSR count). The van der Waals surface area contributed by atoms with E-state index >= 15 is 0 Å². The molecule has 1 aliphatic heterocycles. The van der Waals surface area contributed by atoms with Crippen molar-refractivity contribution in [2.75, 3.05) is 18.4 Å². The Morgan fingerprint density at radius 3 is 2.65 bits per heavy atom. The fraction of sp³-hybridized carbons (Fsp3) is 0.333. The SMILES string of the molecule is C=C(Nc1cc2cc(-c3cnn(C)c3)ccc2cn1)[C@H](C)N1CCCC1. The van der Waals surface area contributed by atoms with Crippen molar-refractivity contribution in [1.29, 1.82) is 0 Å². The van der Waals surface area contributed by atoms with Crippen molar-refractivity contribution in [3.8, 4) is 11.1 Å². The second-order valence-electron chi connectivity index (χ2n) is 7.10. The zero-order valence-electron chi connectivity index (χ0n) is 15.4. The predicted molar refractivity (Wildman–Crippen MR) is 107 cm³/mol. The zero-order valence-corrected chi connectivity index (χ0v) is 15.4. The second kappa shape index (κ2) is 6.92. The van der Waals surface area contributed by atoms with Crippen molar-refractivity contribution >= 4 is 16.6 Å². The van der Waals surface area contributed by atoms with Gasteiger partial charge in [0, 0.05) is 42.1 Å². The van der Waals surface area contributed by atoms with E-state index < -0.39 is 0 Å². The van der Waals surface area contributed by atoms with Crippen LogP contribution in [-0.2, 0) is 7.05 Å². The van der Waals surface area contributed by atoms with Crippen LogP contribution in [0, 0.1) is 0 Å². The minimum Gasteiger partial charge on any atom is -0.343 e. The molecule has 0 saturated carbocycles. The van der Waals surface area contributed by atoms with E-state index in [4.69, 9.17) is 0 Å². The minimum atomic E-state index is 0.316. The number of hydrogen-bond donors (Lipinski definition) is 1. The number of nitrogens with one attached hydrogen (secondary N) is 1. The number of rotatable bonds is 5. The fourth-order valence-corrected chi connectivity index (χ4v) is 3.58. The topological polar surface area (TPSA) is 46.0 Å². The van der Waals surface area contributed by atoms with Crippen LogP contribution in [0.4, 0.5) is 5.82 Å². The summed E-state index contributed by atoms with van der Waals surface area (Å²) in [4.78, 5) is 7.02. The minimum absolute atomic E-state index is 0.316. The van der Waals surface area contributed by atoms with E-state index in [0.29, 0.717) is 6.04 Å². The van der Waals surface area contributed by atoms with Gasteiger partial charge in [-0.1, -0.05) is 18.7 Å². The number of aromatic nitrogens is 3. The molecule has 1 aromatic carbocycles. The van der Waals surface area contributed by atoms with Crippen LogP contribution in [0.1, 0.15) is 19.8 Å². The molecule has 3 heterocycles. The third-order valence-corrected chi connectivity index (χ3v) is 5.24. The maximum Gasteiger partial charge on any atom is 0.130 e. The molecule has 0 spiro atoms. The number of pyridine rings is 1. The van der Waals surface area contributed by atoms with E-state index in [9.17, 15) is 0 Å². The molecule has 3 aromatic rings. The van der Waals surface area contributed by atoms with Gasteiger partial charge in [0.1, 0.15) is 5.82 Å². The molecule has 5 heteroatoms. The van der Waals surface area contributed by atoms with Gasteiger partial charge in [-0.3, -0.25) is 9.58 Å². The van der Waals surface area contributed by atoms with Gasteiger partial charge in [0.15, 0.2) is 0 Å². The number of fused-ring (bicyclic) bond motifs is 1. The predicted octanol–water partition coefficient (Wildman–Crippen LogP) is 4.05.